The first-order valence-corrected chi connectivity index (χ1v) is 8.17. The minimum atomic E-state index is -1.27. The number of phenols is 2. The Hall–Kier alpha value is -3.68. The van der Waals surface area contributed by atoms with Crippen LogP contribution in [0.1, 0.15) is 23.0 Å². The van der Waals surface area contributed by atoms with E-state index in [1.165, 1.54) is 6.07 Å². The van der Waals surface area contributed by atoms with E-state index in [2.05, 4.69) is 5.16 Å². The minimum absolute atomic E-state index is 0.0543. The van der Waals surface area contributed by atoms with Crippen molar-refractivity contribution in [3.8, 4) is 45.4 Å². The van der Waals surface area contributed by atoms with Gasteiger partial charge in [0.15, 0.2) is 23.0 Å². The molecule has 4 rings (SSSR count). The number of ether oxygens (including phenoxy) is 2. The number of rotatable bonds is 4. The molecule has 27 heavy (non-hydrogen) atoms. The number of fused-ring (bicyclic) bond motifs is 1. The van der Waals surface area contributed by atoms with Gasteiger partial charge in [-0.15, -0.1) is 0 Å². The first kappa shape index (κ1) is 16.8. The van der Waals surface area contributed by atoms with Crippen molar-refractivity contribution in [1.29, 1.82) is 0 Å². The number of carboxylic acids is 1. The average Bonchev–Trinajstić information content (AvgIpc) is 3.28. The van der Waals surface area contributed by atoms with E-state index in [4.69, 9.17) is 14.0 Å². The van der Waals surface area contributed by atoms with Crippen molar-refractivity contribution in [3.63, 3.8) is 0 Å². The van der Waals surface area contributed by atoms with Gasteiger partial charge in [0.1, 0.15) is 11.5 Å². The van der Waals surface area contributed by atoms with Crippen LogP contribution in [0.5, 0.6) is 23.0 Å². The fourth-order valence-corrected chi connectivity index (χ4v) is 3.03. The lowest BCUT2D eigenvalue weighted by Crippen LogP contribution is -1.99. The maximum absolute atomic E-state index is 11.7. The second-order valence-electron chi connectivity index (χ2n) is 5.96. The van der Waals surface area contributed by atoms with Crippen molar-refractivity contribution in [1.82, 2.24) is 5.16 Å². The number of aryl methyl sites for hydroxylation is 1. The van der Waals surface area contributed by atoms with Crippen LogP contribution < -0.4 is 9.47 Å². The Morgan fingerprint density at radius 3 is 2.63 bits per heavy atom. The van der Waals surface area contributed by atoms with Crippen LogP contribution in [0.4, 0.5) is 0 Å². The quantitative estimate of drug-likeness (QED) is 0.639. The van der Waals surface area contributed by atoms with Gasteiger partial charge in [-0.25, -0.2) is 4.79 Å². The van der Waals surface area contributed by atoms with Crippen molar-refractivity contribution < 1.29 is 34.1 Å². The third-order valence-electron chi connectivity index (χ3n) is 4.38. The molecule has 3 N–H and O–H groups in total. The predicted molar refractivity (Wildman–Crippen MR) is 93.2 cm³/mol. The molecule has 0 spiro atoms. The highest BCUT2D eigenvalue weighted by Gasteiger charge is 2.27. The van der Waals surface area contributed by atoms with E-state index in [-0.39, 0.29) is 40.9 Å². The Morgan fingerprint density at radius 2 is 1.89 bits per heavy atom. The summed E-state index contributed by atoms with van der Waals surface area (Å²) in [4.78, 5) is 11.7. The van der Waals surface area contributed by atoms with Crippen LogP contribution in [0, 0.1) is 0 Å². The molecule has 0 aliphatic carbocycles. The van der Waals surface area contributed by atoms with Gasteiger partial charge in [-0.1, -0.05) is 18.1 Å². The number of aromatic nitrogens is 1. The monoisotopic (exact) mass is 369 g/mol. The van der Waals surface area contributed by atoms with Gasteiger partial charge in [0.25, 0.3) is 0 Å². The van der Waals surface area contributed by atoms with E-state index in [1.54, 1.807) is 24.3 Å². The van der Waals surface area contributed by atoms with Gasteiger partial charge in [-0.05, 0) is 35.7 Å². The number of nitrogens with zero attached hydrogens (tertiary/aromatic N) is 1. The molecule has 2 heterocycles. The van der Waals surface area contributed by atoms with Crippen LogP contribution in [-0.2, 0) is 6.42 Å². The zero-order valence-electron chi connectivity index (χ0n) is 14.2. The first-order chi connectivity index (χ1) is 13.0. The fraction of sp³-hybridized carbons (Fsp3) is 0.158. The Kier molecular flexibility index (Phi) is 3.88. The number of hydrogen-bond donors (Lipinski definition) is 3. The molecule has 138 valence electrons. The molecule has 1 aliphatic heterocycles. The molecule has 2 aromatic carbocycles. The minimum Gasteiger partial charge on any atom is -0.508 e. The summed E-state index contributed by atoms with van der Waals surface area (Å²) in [5.74, 6) is -0.471. The molecule has 8 nitrogen and oxygen atoms in total. The van der Waals surface area contributed by atoms with Gasteiger partial charge >= 0.3 is 5.97 Å². The van der Waals surface area contributed by atoms with E-state index in [9.17, 15) is 20.1 Å². The van der Waals surface area contributed by atoms with E-state index in [0.29, 0.717) is 29.0 Å². The second-order valence-corrected chi connectivity index (χ2v) is 5.96. The summed E-state index contributed by atoms with van der Waals surface area (Å²) < 4.78 is 15.9. The van der Waals surface area contributed by atoms with E-state index < -0.39 is 5.97 Å². The van der Waals surface area contributed by atoms with Gasteiger partial charge in [-0.3, -0.25) is 0 Å². The molecule has 0 saturated heterocycles. The third-order valence-corrected chi connectivity index (χ3v) is 4.38. The highest BCUT2D eigenvalue weighted by molar-refractivity contribution is 5.99. The van der Waals surface area contributed by atoms with E-state index in [1.807, 2.05) is 6.92 Å². The molecule has 8 heteroatoms. The van der Waals surface area contributed by atoms with Gasteiger partial charge in [0.2, 0.25) is 6.79 Å². The zero-order chi connectivity index (χ0) is 19.1. The van der Waals surface area contributed by atoms with E-state index in [0.717, 1.165) is 0 Å². The van der Waals surface area contributed by atoms with Crippen LogP contribution in [0.2, 0.25) is 0 Å². The van der Waals surface area contributed by atoms with Crippen LogP contribution in [-0.4, -0.2) is 33.2 Å². The Bertz CT molecular complexity index is 1050. The number of benzene rings is 2. The summed E-state index contributed by atoms with van der Waals surface area (Å²) in [6.45, 7) is 1.93. The summed E-state index contributed by atoms with van der Waals surface area (Å²) in [7, 11) is 0. The lowest BCUT2D eigenvalue weighted by Gasteiger charge is -2.09. The van der Waals surface area contributed by atoms with Gasteiger partial charge < -0.3 is 29.3 Å². The van der Waals surface area contributed by atoms with Crippen molar-refractivity contribution in [2.24, 2.45) is 0 Å². The second kappa shape index (κ2) is 6.24. The predicted octanol–water partition coefficient (Wildman–Crippen LogP) is 3.41. The molecular weight excluding hydrogens is 354 g/mol. The summed E-state index contributed by atoms with van der Waals surface area (Å²) in [5.41, 5.74) is 1.20. The summed E-state index contributed by atoms with van der Waals surface area (Å²) in [5, 5.41) is 33.4. The summed E-state index contributed by atoms with van der Waals surface area (Å²) in [6.07, 6.45) is 0.512. The molecule has 0 saturated carbocycles. The maximum Gasteiger partial charge on any atom is 0.358 e. The molecular formula is C19H15NO7. The smallest absolute Gasteiger partial charge is 0.358 e. The Balaban J connectivity index is 1.95. The van der Waals surface area contributed by atoms with Crippen molar-refractivity contribution in [2.75, 3.05) is 6.79 Å². The van der Waals surface area contributed by atoms with E-state index >= 15 is 0 Å². The van der Waals surface area contributed by atoms with Crippen LogP contribution >= 0.6 is 0 Å². The van der Waals surface area contributed by atoms with Gasteiger partial charge in [-0.2, -0.15) is 0 Å². The molecule has 0 amide bonds. The standard InChI is InChI=1S/C19H15NO7/c1-2-9-5-11(13(22)7-12(9)21)18-16(17(19(23)24)20-27-18)10-3-4-14-15(6-10)26-8-25-14/h3-7,21-22H,2,8H2,1H3,(H,23,24). The number of aromatic carboxylic acids is 1. The molecule has 3 aromatic rings. The first-order valence-electron chi connectivity index (χ1n) is 8.17. The molecule has 1 aliphatic rings. The zero-order valence-corrected chi connectivity index (χ0v) is 14.2. The van der Waals surface area contributed by atoms with Crippen molar-refractivity contribution >= 4 is 5.97 Å². The molecule has 0 bridgehead atoms. The Labute approximate surface area is 153 Å². The molecule has 1 aromatic heterocycles. The molecule has 0 fully saturated rings. The van der Waals surface area contributed by atoms with Crippen LogP contribution in [0.15, 0.2) is 34.9 Å². The highest BCUT2D eigenvalue weighted by atomic mass is 16.7. The van der Waals surface area contributed by atoms with Gasteiger partial charge in [0, 0.05) is 6.07 Å². The maximum atomic E-state index is 11.7. The van der Waals surface area contributed by atoms with Crippen LogP contribution in [0.25, 0.3) is 22.5 Å². The molecule has 0 radical (unpaired) electrons. The van der Waals surface area contributed by atoms with Crippen molar-refractivity contribution in [3.05, 3.63) is 41.6 Å². The number of aromatic hydroxyl groups is 2. The van der Waals surface area contributed by atoms with Gasteiger partial charge in [0.05, 0.1) is 11.1 Å². The SMILES string of the molecule is CCc1cc(-c2onc(C(=O)O)c2-c2ccc3c(c2)OCO3)c(O)cc1O. The fourth-order valence-electron chi connectivity index (χ4n) is 3.03. The lowest BCUT2D eigenvalue weighted by molar-refractivity contribution is 0.0686. The number of phenolic OH excluding ortho intramolecular Hbond substituents is 2. The molecule has 0 unspecified atom stereocenters. The highest BCUT2D eigenvalue weighted by Crippen LogP contribution is 2.44. The lowest BCUT2D eigenvalue weighted by atomic mass is 9.96. The number of hydrogen-bond acceptors (Lipinski definition) is 7. The largest absolute Gasteiger partial charge is 0.508 e. The summed E-state index contributed by atoms with van der Waals surface area (Å²) >= 11 is 0. The van der Waals surface area contributed by atoms with Crippen molar-refractivity contribution in [2.45, 2.75) is 13.3 Å². The van der Waals surface area contributed by atoms with Crippen LogP contribution in [0.3, 0.4) is 0 Å². The summed E-state index contributed by atoms with van der Waals surface area (Å²) in [6, 6.07) is 7.69. The normalized spacial score (nSPS) is 12.3. The average molecular weight is 369 g/mol. The molecule has 0 atom stereocenters. The number of carbonyl (C=O) groups is 1. The topological polar surface area (TPSA) is 122 Å². The third kappa shape index (κ3) is 2.71. The number of carboxylic acid groups (broad SMARTS) is 1. The Morgan fingerprint density at radius 1 is 1.11 bits per heavy atom.